The molecule has 0 saturated heterocycles. The average molecular weight is 154 g/mol. The van der Waals surface area contributed by atoms with Gasteiger partial charge in [0.15, 0.2) is 5.78 Å². The first-order valence-corrected chi connectivity index (χ1v) is 4.04. The quantitative estimate of drug-likeness (QED) is 0.637. The van der Waals surface area contributed by atoms with Crippen molar-refractivity contribution in [1.29, 1.82) is 0 Å². The maximum atomic E-state index is 11.2. The van der Waals surface area contributed by atoms with E-state index in [4.69, 9.17) is 0 Å². The molecule has 3 heteroatoms. The summed E-state index contributed by atoms with van der Waals surface area (Å²) in [6, 6.07) is 0.0255. The van der Waals surface area contributed by atoms with Crippen molar-refractivity contribution in [1.82, 2.24) is 5.32 Å². The standard InChI is InChI=1S/C8H14N2O/c1-3-8(11)7-4-5-9-6(2)10-7/h7H,3-5H2,1-2H3,(H,9,10). The minimum Gasteiger partial charge on any atom is -0.364 e. The van der Waals surface area contributed by atoms with Crippen LogP contribution in [0, 0.1) is 0 Å². The summed E-state index contributed by atoms with van der Waals surface area (Å²) < 4.78 is 0. The number of hydrogen-bond donors (Lipinski definition) is 1. The van der Waals surface area contributed by atoms with Crippen molar-refractivity contribution in [2.75, 3.05) is 6.54 Å². The number of amidine groups is 1. The highest BCUT2D eigenvalue weighted by atomic mass is 16.1. The second kappa shape index (κ2) is 3.51. The molecule has 11 heavy (non-hydrogen) atoms. The number of aliphatic imine (C=N–C) groups is 1. The molecule has 0 bridgehead atoms. The zero-order chi connectivity index (χ0) is 8.27. The zero-order valence-corrected chi connectivity index (χ0v) is 7.05. The van der Waals surface area contributed by atoms with Gasteiger partial charge >= 0.3 is 0 Å². The number of carbonyl (C=O) groups excluding carboxylic acids is 1. The van der Waals surface area contributed by atoms with Crippen molar-refractivity contribution in [2.45, 2.75) is 32.7 Å². The molecule has 1 atom stereocenters. The van der Waals surface area contributed by atoms with E-state index in [1.54, 1.807) is 0 Å². The van der Waals surface area contributed by atoms with Crippen molar-refractivity contribution in [3.63, 3.8) is 0 Å². The summed E-state index contributed by atoms with van der Waals surface area (Å²) in [5.41, 5.74) is 0. The van der Waals surface area contributed by atoms with Gasteiger partial charge in [0.2, 0.25) is 0 Å². The second-order valence-corrected chi connectivity index (χ2v) is 2.77. The van der Waals surface area contributed by atoms with E-state index in [9.17, 15) is 4.79 Å². The molecule has 0 fully saturated rings. The van der Waals surface area contributed by atoms with Crippen molar-refractivity contribution < 1.29 is 4.79 Å². The van der Waals surface area contributed by atoms with Crippen LogP contribution in [0.2, 0.25) is 0 Å². The molecule has 0 aromatic heterocycles. The van der Waals surface area contributed by atoms with Gasteiger partial charge in [-0.2, -0.15) is 0 Å². The molecular weight excluding hydrogens is 140 g/mol. The topological polar surface area (TPSA) is 41.5 Å². The largest absolute Gasteiger partial charge is 0.364 e. The Morgan fingerprint density at radius 2 is 2.55 bits per heavy atom. The Labute approximate surface area is 66.9 Å². The average Bonchev–Trinajstić information content (AvgIpc) is 2.03. The van der Waals surface area contributed by atoms with E-state index in [2.05, 4.69) is 10.3 Å². The van der Waals surface area contributed by atoms with E-state index in [1.807, 2.05) is 13.8 Å². The van der Waals surface area contributed by atoms with E-state index in [1.165, 1.54) is 0 Å². The maximum absolute atomic E-state index is 11.2. The molecule has 0 spiro atoms. The van der Waals surface area contributed by atoms with Gasteiger partial charge in [0.05, 0.1) is 11.9 Å². The summed E-state index contributed by atoms with van der Waals surface area (Å²) in [4.78, 5) is 15.3. The molecule has 1 aliphatic rings. The number of Topliss-reactive ketones (excluding diaryl/α,β-unsaturated/α-hetero) is 1. The van der Waals surface area contributed by atoms with Gasteiger partial charge in [-0.25, -0.2) is 0 Å². The van der Waals surface area contributed by atoms with Crippen LogP contribution in [-0.2, 0) is 4.79 Å². The fraction of sp³-hybridized carbons (Fsp3) is 0.750. The first-order chi connectivity index (χ1) is 5.24. The van der Waals surface area contributed by atoms with Crippen molar-refractivity contribution >= 4 is 11.6 Å². The summed E-state index contributed by atoms with van der Waals surface area (Å²) in [7, 11) is 0. The number of ketones is 1. The highest BCUT2D eigenvalue weighted by Gasteiger charge is 2.18. The molecule has 3 nitrogen and oxygen atoms in total. The summed E-state index contributed by atoms with van der Waals surface area (Å²) >= 11 is 0. The lowest BCUT2D eigenvalue weighted by Crippen LogP contribution is -2.42. The lowest BCUT2D eigenvalue weighted by atomic mass is 10.1. The first kappa shape index (κ1) is 8.24. The van der Waals surface area contributed by atoms with Gasteiger partial charge in [-0.05, 0) is 13.3 Å². The highest BCUT2D eigenvalue weighted by molar-refractivity contribution is 5.90. The van der Waals surface area contributed by atoms with Gasteiger partial charge < -0.3 is 5.32 Å². The summed E-state index contributed by atoms with van der Waals surface area (Å²) in [6.45, 7) is 4.58. The molecule has 0 amide bonds. The fourth-order valence-corrected chi connectivity index (χ4v) is 1.22. The Hall–Kier alpha value is -0.860. The molecule has 1 N–H and O–H groups in total. The first-order valence-electron chi connectivity index (χ1n) is 4.04. The Morgan fingerprint density at radius 3 is 3.09 bits per heavy atom. The Morgan fingerprint density at radius 1 is 1.82 bits per heavy atom. The molecule has 1 rings (SSSR count). The van der Waals surface area contributed by atoms with Crippen molar-refractivity contribution in [3.8, 4) is 0 Å². The third-order valence-corrected chi connectivity index (χ3v) is 1.89. The number of rotatable bonds is 2. The normalized spacial score (nSPS) is 23.8. The van der Waals surface area contributed by atoms with E-state index < -0.39 is 0 Å². The van der Waals surface area contributed by atoms with Gasteiger partial charge in [-0.3, -0.25) is 9.79 Å². The smallest absolute Gasteiger partial charge is 0.154 e. The van der Waals surface area contributed by atoms with Crippen LogP contribution in [0.5, 0.6) is 0 Å². The van der Waals surface area contributed by atoms with Crippen LogP contribution in [0.4, 0.5) is 0 Å². The van der Waals surface area contributed by atoms with Crippen molar-refractivity contribution in [2.24, 2.45) is 4.99 Å². The van der Waals surface area contributed by atoms with Gasteiger partial charge in [0.25, 0.3) is 0 Å². The summed E-state index contributed by atoms with van der Waals surface area (Å²) in [6.07, 6.45) is 1.47. The Kier molecular flexibility index (Phi) is 2.63. The SMILES string of the molecule is CCC(=O)C1CCN=C(C)N1. The van der Waals surface area contributed by atoms with Gasteiger partial charge in [0, 0.05) is 13.0 Å². The molecule has 0 aromatic carbocycles. The molecular formula is C8H14N2O. The maximum Gasteiger partial charge on any atom is 0.154 e. The van der Waals surface area contributed by atoms with Crippen LogP contribution in [-0.4, -0.2) is 24.2 Å². The van der Waals surface area contributed by atoms with E-state index in [-0.39, 0.29) is 6.04 Å². The van der Waals surface area contributed by atoms with Crippen LogP contribution < -0.4 is 5.32 Å². The van der Waals surface area contributed by atoms with Crippen LogP contribution in [0.15, 0.2) is 4.99 Å². The van der Waals surface area contributed by atoms with E-state index in [0.717, 1.165) is 18.8 Å². The Bertz CT molecular complexity index is 187. The summed E-state index contributed by atoms with van der Waals surface area (Å²) in [5, 5.41) is 3.07. The van der Waals surface area contributed by atoms with E-state index in [0.29, 0.717) is 12.2 Å². The zero-order valence-electron chi connectivity index (χ0n) is 7.05. The van der Waals surface area contributed by atoms with Gasteiger partial charge in [0.1, 0.15) is 0 Å². The monoisotopic (exact) mass is 154 g/mol. The van der Waals surface area contributed by atoms with Crippen LogP contribution in [0.3, 0.4) is 0 Å². The molecule has 1 unspecified atom stereocenters. The predicted octanol–water partition coefficient (Wildman–Crippen LogP) is 0.746. The minimum absolute atomic E-state index is 0.0255. The number of hydrogen-bond acceptors (Lipinski definition) is 3. The molecule has 0 aliphatic carbocycles. The molecule has 0 radical (unpaired) electrons. The predicted molar refractivity (Wildman–Crippen MR) is 44.8 cm³/mol. The fourth-order valence-electron chi connectivity index (χ4n) is 1.22. The lowest BCUT2D eigenvalue weighted by molar-refractivity contribution is -0.120. The van der Waals surface area contributed by atoms with Crippen LogP contribution >= 0.6 is 0 Å². The molecule has 62 valence electrons. The van der Waals surface area contributed by atoms with Gasteiger partial charge in [-0.15, -0.1) is 0 Å². The third kappa shape index (κ3) is 2.03. The minimum atomic E-state index is 0.0255. The molecule has 0 saturated carbocycles. The van der Waals surface area contributed by atoms with Crippen LogP contribution in [0.25, 0.3) is 0 Å². The van der Waals surface area contributed by atoms with E-state index >= 15 is 0 Å². The van der Waals surface area contributed by atoms with Gasteiger partial charge in [-0.1, -0.05) is 6.92 Å². The number of carbonyl (C=O) groups is 1. The Balaban J connectivity index is 2.50. The third-order valence-electron chi connectivity index (χ3n) is 1.89. The molecule has 0 aromatic rings. The lowest BCUT2D eigenvalue weighted by Gasteiger charge is -2.21. The summed E-state index contributed by atoms with van der Waals surface area (Å²) in [5.74, 6) is 1.18. The number of nitrogens with zero attached hydrogens (tertiary/aromatic N) is 1. The highest BCUT2D eigenvalue weighted by Crippen LogP contribution is 2.02. The molecule has 1 aliphatic heterocycles. The second-order valence-electron chi connectivity index (χ2n) is 2.77. The number of nitrogens with one attached hydrogen (secondary N) is 1. The van der Waals surface area contributed by atoms with Crippen molar-refractivity contribution in [3.05, 3.63) is 0 Å². The molecule has 1 heterocycles. The van der Waals surface area contributed by atoms with Crippen LogP contribution in [0.1, 0.15) is 26.7 Å².